The van der Waals surface area contributed by atoms with Crippen LogP contribution in [-0.2, 0) is 4.79 Å². The van der Waals surface area contributed by atoms with Crippen molar-refractivity contribution in [3.05, 3.63) is 0 Å². The molecule has 0 aromatic rings. The lowest BCUT2D eigenvalue weighted by Crippen LogP contribution is -2.50. The van der Waals surface area contributed by atoms with Crippen LogP contribution in [-0.4, -0.2) is 65.2 Å². The lowest BCUT2D eigenvalue weighted by molar-refractivity contribution is -0.128. The zero-order chi connectivity index (χ0) is 18.6. The van der Waals surface area contributed by atoms with Gasteiger partial charge in [0.25, 0.3) is 0 Å². The topological polar surface area (TPSA) is 72.9 Å². The molecule has 3 aliphatic rings. The van der Waals surface area contributed by atoms with Gasteiger partial charge < -0.3 is 20.2 Å². The Hall–Kier alpha value is -1.30. The van der Waals surface area contributed by atoms with E-state index in [1.165, 1.54) is 19.3 Å². The first kappa shape index (κ1) is 19.5. The lowest BCUT2D eigenvalue weighted by Gasteiger charge is -2.37. The predicted molar refractivity (Wildman–Crippen MR) is 101 cm³/mol. The minimum atomic E-state index is -0.817. The number of nitrogens with zero attached hydrogens (tertiary/aromatic N) is 2. The number of amides is 3. The van der Waals surface area contributed by atoms with E-state index >= 15 is 0 Å². The minimum Gasteiger partial charge on any atom is -0.388 e. The standard InChI is InChI=1S/C20H35N3O3/c1-20(26,17-7-3-2-4-8-17)15-21-18(24)16-9-13-23(14-10-16)19(25)22-11-5-6-12-22/h16-17,26H,2-15H2,1H3,(H,21,24). The van der Waals surface area contributed by atoms with Gasteiger partial charge in [-0.05, 0) is 51.4 Å². The molecule has 0 radical (unpaired) electrons. The smallest absolute Gasteiger partial charge is 0.319 e. The molecule has 2 N–H and O–H groups in total. The molecule has 6 heteroatoms. The summed E-state index contributed by atoms with van der Waals surface area (Å²) in [5, 5.41) is 13.7. The van der Waals surface area contributed by atoms with Gasteiger partial charge in [0, 0.05) is 38.6 Å². The number of piperidine rings is 1. The van der Waals surface area contributed by atoms with Crippen molar-refractivity contribution in [3.8, 4) is 0 Å². The molecule has 6 nitrogen and oxygen atoms in total. The summed E-state index contributed by atoms with van der Waals surface area (Å²) in [5.41, 5.74) is -0.817. The molecule has 1 aliphatic carbocycles. The minimum absolute atomic E-state index is 0.0364. The van der Waals surface area contributed by atoms with Crippen LogP contribution in [0, 0.1) is 11.8 Å². The van der Waals surface area contributed by atoms with Crippen LogP contribution in [0.2, 0.25) is 0 Å². The highest BCUT2D eigenvalue weighted by molar-refractivity contribution is 5.79. The highest BCUT2D eigenvalue weighted by Gasteiger charge is 2.35. The Balaban J connectivity index is 1.41. The van der Waals surface area contributed by atoms with E-state index in [0.29, 0.717) is 19.6 Å². The molecule has 148 valence electrons. The number of carbonyl (C=O) groups is 2. The summed E-state index contributed by atoms with van der Waals surface area (Å²) in [7, 11) is 0. The second kappa shape index (κ2) is 8.59. The lowest BCUT2D eigenvalue weighted by atomic mass is 9.78. The number of hydrogen-bond donors (Lipinski definition) is 2. The van der Waals surface area contributed by atoms with Crippen LogP contribution in [0.1, 0.15) is 64.7 Å². The maximum Gasteiger partial charge on any atom is 0.319 e. The van der Waals surface area contributed by atoms with Crippen LogP contribution in [0.25, 0.3) is 0 Å². The van der Waals surface area contributed by atoms with Gasteiger partial charge in [0.2, 0.25) is 5.91 Å². The van der Waals surface area contributed by atoms with E-state index in [1.54, 1.807) is 0 Å². The molecule has 3 fully saturated rings. The predicted octanol–water partition coefficient (Wildman–Crippen LogP) is 2.36. The van der Waals surface area contributed by atoms with Crippen molar-refractivity contribution >= 4 is 11.9 Å². The fraction of sp³-hybridized carbons (Fsp3) is 0.900. The van der Waals surface area contributed by atoms with Crippen molar-refractivity contribution in [3.63, 3.8) is 0 Å². The number of rotatable bonds is 4. The van der Waals surface area contributed by atoms with E-state index in [-0.39, 0.29) is 23.8 Å². The maximum atomic E-state index is 12.5. The zero-order valence-corrected chi connectivity index (χ0v) is 16.2. The quantitative estimate of drug-likeness (QED) is 0.803. The van der Waals surface area contributed by atoms with E-state index in [0.717, 1.165) is 51.6 Å². The maximum absolute atomic E-state index is 12.5. The first-order valence-corrected chi connectivity index (χ1v) is 10.5. The van der Waals surface area contributed by atoms with Crippen molar-refractivity contribution in [2.45, 2.75) is 70.3 Å². The highest BCUT2D eigenvalue weighted by atomic mass is 16.3. The highest BCUT2D eigenvalue weighted by Crippen LogP contribution is 2.32. The molecule has 2 saturated heterocycles. The fourth-order valence-corrected chi connectivity index (χ4v) is 4.72. The monoisotopic (exact) mass is 365 g/mol. The van der Waals surface area contributed by atoms with Gasteiger partial charge in [-0.15, -0.1) is 0 Å². The molecule has 3 amide bonds. The Morgan fingerprint density at radius 2 is 1.50 bits per heavy atom. The Labute approximate surface area is 157 Å². The van der Waals surface area contributed by atoms with Crippen LogP contribution >= 0.6 is 0 Å². The van der Waals surface area contributed by atoms with Crippen molar-refractivity contribution < 1.29 is 14.7 Å². The second-order valence-electron chi connectivity index (χ2n) is 8.65. The first-order valence-electron chi connectivity index (χ1n) is 10.5. The van der Waals surface area contributed by atoms with Crippen LogP contribution in [0.4, 0.5) is 4.79 Å². The molecular weight excluding hydrogens is 330 g/mol. The summed E-state index contributed by atoms with van der Waals surface area (Å²) >= 11 is 0. The molecule has 0 aromatic heterocycles. The van der Waals surface area contributed by atoms with Crippen LogP contribution in [0.3, 0.4) is 0 Å². The first-order chi connectivity index (χ1) is 12.5. The van der Waals surface area contributed by atoms with Crippen molar-refractivity contribution in [2.75, 3.05) is 32.7 Å². The van der Waals surface area contributed by atoms with Crippen LogP contribution in [0.5, 0.6) is 0 Å². The summed E-state index contributed by atoms with van der Waals surface area (Å²) < 4.78 is 0. The average Bonchev–Trinajstić information content (AvgIpc) is 3.21. The Kier molecular flexibility index (Phi) is 6.43. The number of urea groups is 1. The molecule has 0 aromatic carbocycles. The molecule has 2 heterocycles. The summed E-state index contributed by atoms with van der Waals surface area (Å²) in [5.74, 6) is 0.283. The van der Waals surface area contributed by atoms with Gasteiger partial charge in [-0.25, -0.2) is 4.79 Å². The summed E-state index contributed by atoms with van der Waals surface area (Å²) in [6.07, 6.45) is 9.37. The second-order valence-corrected chi connectivity index (χ2v) is 8.65. The third-order valence-electron chi connectivity index (χ3n) is 6.62. The van der Waals surface area contributed by atoms with Gasteiger partial charge in [0.15, 0.2) is 0 Å². The molecular formula is C20H35N3O3. The SMILES string of the molecule is CC(O)(CNC(=O)C1CCN(C(=O)N2CCCC2)CC1)C1CCCCC1. The van der Waals surface area contributed by atoms with Gasteiger partial charge in [0.1, 0.15) is 0 Å². The van der Waals surface area contributed by atoms with Gasteiger partial charge in [-0.1, -0.05) is 19.3 Å². The van der Waals surface area contributed by atoms with Crippen molar-refractivity contribution in [1.29, 1.82) is 0 Å². The summed E-state index contributed by atoms with van der Waals surface area (Å²) in [6.45, 7) is 5.26. The third kappa shape index (κ3) is 4.70. The van der Waals surface area contributed by atoms with Crippen LogP contribution < -0.4 is 5.32 Å². The van der Waals surface area contributed by atoms with Crippen molar-refractivity contribution in [2.24, 2.45) is 11.8 Å². The van der Waals surface area contributed by atoms with Gasteiger partial charge >= 0.3 is 6.03 Å². The van der Waals surface area contributed by atoms with E-state index in [2.05, 4.69) is 5.32 Å². The molecule has 1 saturated carbocycles. The molecule has 1 atom stereocenters. The van der Waals surface area contributed by atoms with Gasteiger partial charge in [-0.2, -0.15) is 0 Å². The Bertz CT molecular complexity index is 489. The number of nitrogens with one attached hydrogen (secondary N) is 1. The molecule has 0 spiro atoms. The zero-order valence-electron chi connectivity index (χ0n) is 16.2. The number of carbonyl (C=O) groups excluding carboxylic acids is 2. The van der Waals surface area contributed by atoms with Crippen LogP contribution in [0.15, 0.2) is 0 Å². The molecule has 26 heavy (non-hydrogen) atoms. The van der Waals surface area contributed by atoms with E-state index in [1.807, 2.05) is 16.7 Å². The third-order valence-corrected chi connectivity index (χ3v) is 6.62. The molecule has 2 aliphatic heterocycles. The summed E-state index contributed by atoms with van der Waals surface area (Å²) in [4.78, 5) is 28.8. The van der Waals surface area contributed by atoms with Crippen molar-refractivity contribution in [1.82, 2.24) is 15.1 Å². The number of aliphatic hydroxyl groups is 1. The average molecular weight is 366 g/mol. The largest absolute Gasteiger partial charge is 0.388 e. The number of hydrogen-bond acceptors (Lipinski definition) is 3. The Morgan fingerprint density at radius 1 is 0.923 bits per heavy atom. The van der Waals surface area contributed by atoms with E-state index in [9.17, 15) is 14.7 Å². The molecule has 1 unspecified atom stereocenters. The fourth-order valence-electron chi connectivity index (χ4n) is 4.72. The van der Waals surface area contributed by atoms with E-state index in [4.69, 9.17) is 0 Å². The van der Waals surface area contributed by atoms with Gasteiger partial charge in [0.05, 0.1) is 5.60 Å². The summed E-state index contributed by atoms with van der Waals surface area (Å²) in [6, 6.07) is 0.140. The van der Waals surface area contributed by atoms with Gasteiger partial charge in [-0.3, -0.25) is 4.79 Å². The van der Waals surface area contributed by atoms with E-state index < -0.39 is 5.60 Å². The normalized spacial score (nSPS) is 25.2. The Morgan fingerprint density at radius 3 is 2.12 bits per heavy atom. The molecule has 3 rings (SSSR count). The number of likely N-dealkylation sites (tertiary alicyclic amines) is 2. The molecule has 0 bridgehead atoms.